The van der Waals surface area contributed by atoms with Gasteiger partial charge < -0.3 is 28.8 Å². The van der Waals surface area contributed by atoms with Gasteiger partial charge in [0.1, 0.15) is 29.4 Å². The molecule has 0 saturated carbocycles. The van der Waals surface area contributed by atoms with Crippen LogP contribution in [-0.4, -0.2) is 70.2 Å². The van der Waals surface area contributed by atoms with Crippen LogP contribution in [0.1, 0.15) is 63.0 Å². The zero-order valence-electron chi connectivity index (χ0n) is 29.6. The number of carbonyl (C=O) groups excluding carboxylic acids is 1. The van der Waals surface area contributed by atoms with Crippen LogP contribution >= 0.6 is 0 Å². The highest BCUT2D eigenvalue weighted by Crippen LogP contribution is 2.43. The number of methoxy groups -OCH3 is 2. The molecule has 1 saturated heterocycles. The van der Waals surface area contributed by atoms with E-state index in [1.807, 2.05) is 78.9 Å². The van der Waals surface area contributed by atoms with Gasteiger partial charge in [-0.2, -0.15) is 9.97 Å². The smallest absolute Gasteiger partial charge is 0.247 e. The van der Waals surface area contributed by atoms with Crippen molar-refractivity contribution in [3.05, 3.63) is 102 Å². The quantitative estimate of drug-likeness (QED) is 0.0951. The highest BCUT2D eigenvalue weighted by atomic mass is 16.6. The monoisotopic (exact) mass is 695 g/mol. The number of anilines is 1. The number of fused-ring (bicyclic) bond motifs is 1. The Morgan fingerprint density at radius 1 is 0.961 bits per heavy atom. The lowest BCUT2D eigenvalue weighted by Crippen LogP contribution is -2.38. The maximum Gasteiger partial charge on any atom is 0.247 e. The molecule has 5 aromatic rings. The number of hydrogen-bond donors (Lipinski definition) is 2. The maximum absolute atomic E-state index is 12.6. The first-order chi connectivity index (χ1) is 24.8. The number of unbranched alkanes of at least 4 members (excludes halogenated alkanes) is 1. The van der Waals surface area contributed by atoms with Crippen molar-refractivity contribution in [2.75, 3.05) is 32.8 Å². The van der Waals surface area contributed by atoms with Gasteiger partial charge in [-0.15, -0.1) is 0 Å². The minimum Gasteiger partial charge on any atom is -0.497 e. The van der Waals surface area contributed by atoms with Crippen molar-refractivity contribution < 1.29 is 33.6 Å². The molecule has 3 heterocycles. The van der Waals surface area contributed by atoms with E-state index in [4.69, 9.17) is 23.7 Å². The fourth-order valence-corrected chi connectivity index (χ4v) is 6.14. The number of aliphatic hydroxyl groups excluding tert-OH is 1. The molecule has 12 heteroatoms. The second kappa shape index (κ2) is 15.9. The zero-order chi connectivity index (χ0) is 36.0. The number of aliphatic hydroxyl groups is 1. The van der Waals surface area contributed by atoms with E-state index in [0.29, 0.717) is 17.8 Å². The summed E-state index contributed by atoms with van der Waals surface area (Å²) in [7, 11) is 3.26. The molecule has 0 aliphatic carbocycles. The number of nitrogens with zero attached hydrogens (tertiary/aromatic N) is 4. The van der Waals surface area contributed by atoms with Gasteiger partial charge in [0.2, 0.25) is 17.7 Å². The van der Waals surface area contributed by atoms with E-state index in [1.165, 1.54) is 0 Å². The molecule has 0 bridgehead atoms. The topological polar surface area (TPSA) is 139 Å². The minimum absolute atomic E-state index is 0.0489. The predicted octanol–water partition coefficient (Wildman–Crippen LogP) is 6.27. The fourth-order valence-electron chi connectivity index (χ4n) is 6.14. The third-order valence-corrected chi connectivity index (χ3v) is 9.04. The molecule has 51 heavy (non-hydrogen) atoms. The van der Waals surface area contributed by atoms with E-state index in [9.17, 15) is 9.90 Å². The van der Waals surface area contributed by atoms with Gasteiger partial charge in [-0.05, 0) is 47.4 Å². The molecule has 0 radical (unpaired) electrons. The molecule has 3 atom stereocenters. The molecule has 1 fully saturated rings. The number of carbonyl (C=O) groups is 1. The van der Waals surface area contributed by atoms with Gasteiger partial charge in [-0.3, -0.25) is 14.7 Å². The highest BCUT2D eigenvalue weighted by molar-refractivity contribution is 5.91. The lowest BCUT2D eigenvalue weighted by molar-refractivity contribution is -0.118. The Bertz CT molecular complexity index is 1850. The van der Waals surface area contributed by atoms with Gasteiger partial charge in [0, 0.05) is 12.3 Å². The van der Waals surface area contributed by atoms with Crippen molar-refractivity contribution >= 4 is 23.0 Å². The number of nitrogens with one attached hydrogen (secondary N) is 1. The average Bonchev–Trinajstić information content (AvgIpc) is 3.75. The number of amides is 1. The molecule has 1 aliphatic rings. The van der Waals surface area contributed by atoms with Gasteiger partial charge in [-0.1, -0.05) is 81.8 Å². The van der Waals surface area contributed by atoms with Crippen molar-refractivity contribution in [1.29, 1.82) is 0 Å². The fraction of sp³-hybridized carbons (Fsp3) is 0.385. The lowest BCUT2D eigenvalue weighted by Gasteiger charge is -2.37. The normalized spacial score (nSPS) is 17.5. The van der Waals surface area contributed by atoms with Gasteiger partial charge >= 0.3 is 0 Å². The Balaban J connectivity index is 1.33. The van der Waals surface area contributed by atoms with E-state index in [1.54, 1.807) is 39.0 Å². The Hall–Kier alpha value is -5.04. The van der Waals surface area contributed by atoms with Gasteiger partial charge in [0.25, 0.3) is 0 Å². The molecule has 1 aliphatic heterocycles. The molecule has 0 unspecified atom stereocenters. The van der Waals surface area contributed by atoms with Crippen LogP contribution in [0.25, 0.3) is 11.2 Å². The Morgan fingerprint density at radius 2 is 1.59 bits per heavy atom. The molecular formula is C39H45N5O7. The summed E-state index contributed by atoms with van der Waals surface area (Å²) in [5.41, 5.74) is 2.41. The van der Waals surface area contributed by atoms with Crippen molar-refractivity contribution in [2.24, 2.45) is 5.92 Å². The summed E-state index contributed by atoms with van der Waals surface area (Å²) in [5, 5.41) is 14.2. The summed E-state index contributed by atoms with van der Waals surface area (Å²) in [4.78, 5) is 26.2. The Kier molecular flexibility index (Phi) is 11.1. The zero-order valence-corrected chi connectivity index (χ0v) is 29.6. The van der Waals surface area contributed by atoms with Crippen LogP contribution in [0.5, 0.6) is 17.4 Å². The number of imidazole rings is 1. The van der Waals surface area contributed by atoms with Crippen molar-refractivity contribution in [1.82, 2.24) is 19.5 Å². The third kappa shape index (κ3) is 7.53. The molecule has 12 nitrogen and oxygen atoms in total. The van der Waals surface area contributed by atoms with Crippen molar-refractivity contribution in [3.8, 4) is 17.4 Å². The summed E-state index contributed by atoms with van der Waals surface area (Å²) in [5.74, 6) is 1.33. The molecule has 3 aromatic carbocycles. The van der Waals surface area contributed by atoms with E-state index < -0.39 is 24.0 Å². The van der Waals surface area contributed by atoms with Crippen LogP contribution in [0.3, 0.4) is 0 Å². The van der Waals surface area contributed by atoms with Crippen LogP contribution in [0.15, 0.2) is 85.2 Å². The lowest BCUT2D eigenvalue weighted by atomic mass is 9.80. The van der Waals surface area contributed by atoms with Crippen LogP contribution in [0.4, 0.5) is 5.95 Å². The number of hydrogen-bond acceptors (Lipinski definition) is 10. The maximum atomic E-state index is 12.6. The number of ether oxygens (including phenoxy) is 5. The average molecular weight is 696 g/mol. The summed E-state index contributed by atoms with van der Waals surface area (Å²) in [6.07, 6.45) is 1.44. The standard InChI is InChI=1S/C39H45N5O7/c1-6-7-21-49-37-34-35(41-38(43-37)42-36(46)25(2)3)44(24-40-34)33-22-31(45)32(51-33)23-50-39(26-11-9-8-10-12-26,27-13-17-29(47-4)18-14-27)28-15-19-30(48-5)20-16-28/h8-20,24-25,31-33,45H,6-7,21-23H2,1-5H3,(H,41,42,43,46)/t31-,32+,33+/m0/s1. The van der Waals surface area contributed by atoms with E-state index in [-0.39, 0.29) is 36.7 Å². The van der Waals surface area contributed by atoms with Crippen molar-refractivity contribution in [3.63, 3.8) is 0 Å². The van der Waals surface area contributed by atoms with Gasteiger partial charge in [0.15, 0.2) is 11.2 Å². The summed E-state index contributed by atoms with van der Waals surface area (Å²) >= 11 is 0. The van der Waals surface area contributed by atoms with Crippen LogP contribution < -0.4 is 19.5 Å². The van der Waals surface area contributed by atoms with Gasteiger partial charge in [0.05, 0.1) is 39.9 Å². The highest BCUT2D eigenvalue weighted by Gasteiger charge is 2.42. The van der Waals surface area contributed by atoms with E-state index >= 15 is 0 Å². The van der Waals surface area contributed by atoms with E-state index in [0.717, 1.165) is 41.0 Å². The Labute approximate surface area is 297 Å². The molecule has 268 valence electrons. The SMILES string of the molecule is CCCCOc1nc(NC(=O)C(C)C)nc2c1ncn2[C@H]1C[C@H](O)[C@@H](COC(c2ccccc2)(c2ccc(OC)cc2)c2ccc(OC)cc2)O1. The molecule has 2 aromatic heterocycles. The second-order valence-corrected chi connectivity index (χ2v) is 12.8. The number of aromatic nitrogens is 4. The number of benzene rings is 3. The van der Waals surface area contributed by atoms with Crippen LogP contribution in [-0.2, 0) is 19.9 Å². The summed E-state index contributed by atoms with van der Waals surface area (Å²) in [6, 6.07) is 25.5. The summed E-state index contributed by atoms with van der Waals surface area (Å²) in [6.45, 7) is 6.15. The third-order valence-electron chi connectivity index (χ3n) is 9.04. The number of rotatable bonds is 15. The van der Waals surface area contributed by atoms with Gasteiger partial charge in [-0.25, -0.2) is 4.98 Å². The first-order valence-corrected chi connectivity index (χ1v) is 17.3. The molecule has 6 rings (SSSR count). The first kappa shape index (κ1) is 35.8. The largest absolute Gasteiger partial charge is 0.497 e. The predicted molar refractivity (Wildman–Crippen MR) is 192 cm³/mol. The molecular weight excluding hydrogens is 650 g/mol. The summed E-state index contributed by atoms with van der Waals surface area (Å²) < 4.78 is 32.2. The first-order valence-electron chi connectivity index (χ1n) is 17.3. The molecule has 2 N–H and O–H groups in total. The van der Waals surface area contributed by atoms with Crippen LogP contribution in [0.2, 0.25) is 0 Å². The second-order valence-electron chi connectivity index (χ2n) is 12.8. The minimum atomic E-state index is -1.08. The molecule has 1 amide bonds. The molecule has 0 spiro atoms. The van der Waals surface area contributed by atoms with Crippen molar-refractivity contribution in [2.45, 2.75) is 64.1 Å². The Morgan fingerprint density at radius 3 is 2.18 bits per heavy atom. The van der Waals surface area contributed by atoms with E-state index in [2.05, 4.69) is 27.2 Å². The van der Waals surface area contributed by atoms with Crippen LogP contribution in [0, 0.1) is 5.92 Å².